The van der Waals surface area contributed by atoms with Crippen molar-refractivity contribution >= 4 is 65.8 Å². The van der Waals surface area contributed by atoms with Gasteiger partial charge >= 0.3 is 0 Å². The molecular weight excluding hydrogens is 727 g/mol. The Morgan fingerprint density at radius 1 is 0.509 bits per heavy atom. The van der Waals surface area contributed by atoms with Crippen molar-refractivity contribution in [2.45, 2.75) is 58.7 Å². The van der Waals surface area contributed by atoms with E-state index in [9.17, 15) is 27.0 Å². The van der Waals surface area contributed by atoms with E-state index in [1.54, 1.807) is 48.5 Å². The Morgan fingerprint density at radius 3 is 1.38 bits per heavy atom. The standard InChI is InChI=1S/C46H41NO6S2/c1-2-3-4-9-30-47-43-28-16-33(14-18-35-10-5-7-12-45(35)54(50,51)39-24-20-37(48)21-25-39)31-41(43)42-32-34(17-29-44(42)47)15-19-36-11-6-8-13-46(36)55(52,53)40-26-22-38(49)23-27-40/h5-8,10-29,31-32,48-49H,2-4,9,30H2,1H3. The average Bonchev–Trinajstić information content (AvgIpc) is 3.50. The third kappa shape index (κ3) is 7.85. The number of sulfone groups is 2. The van der Waals surface area contributed by atoms with Gasteiger partial charge in [-0.15, -0.1) is 0 Å². The smallest absolute Gasteiger partial charge is 0.207 e. The second-order valence-corrected chi connectivity index (χ2v) is 17.3. The van der Waals surface area contributed by atoms with Crippen LogP contribution in [0, 0.1) is 0 Å². The number of hydrogen-bond acceptors (Lipinski definition) is 6. The molecule has 278 valence electrons. The topological polar surface area (TPSA) is 114 Å². The number of phenolic OH excluding ortho intramolecular Hbond substituents is 2. The van der Waals surface area contributed by atoms with Crippen molar-refractivity contribution in [3.05, 3.63) is 156 Å². The molecule has 7 nitrogen and oxygen atoms in total. The lowest BCUT2D eigenvalue weighted by atomic mass is 10.1. The Labute approximate surface area is 322 Å². The van der Waals surface area contributed by atoms with E-state index >= 15 is 0 Å². The number of aryl methyl sites for hydroxylation is 1. The van der Waals surface area contributed by atoms with Crippen molar-refractivity contribution in [1.29, 1.82) is 0 Å². The number of benzene rings is 6. The molecule has 7 rings (SSSR count). The van der Waals surface area contributed by atoms with E-state index in [1.807, 2.05) is 36.4 Å². The van der Waals surface area contributed by atoms with Gasteiger partial charge in [0.05, 0.1) is 19.6 Å². The molecular formula is C46H41NO6S2. The highest BCUT2D eigenvalue weighted by atomic mass is 32.2. The van der Waals surface area contributed by atoms with Crippen molar-refractivity contribution in [2.75, 3.05) is 0 Å². The lowest BCUT2D eigenvalue weighted by Gasteiger charge is -2.09. The van der Waals surface area contributed by atoms with Crippen LogP contribution in [-0.4, -0.2) is 31.6 Å². The normalized spacial score (nSPS) is 12.4. The Morgan fingerprint density at radius 2 is 0.945 bits per heavy atom. The highest BCUT2D eigenvalue weighted by Crippen LogP contribution is 2.34. The molecule has 0 aliphatic carbocycles. The Balaban J connectivity index is 1.26. The van der Waals surface area contributed by atoms with Gasteiger partial charge < -0.3 is 14.8 Å². The molecule has 0 aliphatic rings. The second kappa shape index (κ2) is 15.8. The quantitative estimate of drug-likeness (QED) is 0.0892. The van der Waals surface area contributed by atoms with Gasteiger partial charge in [0.25, 0.3) is 0 Å². The third-order valence-corrected chi connectivity index (χ3v) is 13.5. The van der Waals surface area contributed by atoms with Crippen LogP contribution in [0.4, 0.5) is 0 Å². The van der Waals surface area contributed by atoms with Crippen LogP contribution in [0.1, 0.15) is 54.9 Å². The highest BCUT2D eigenvalue weighted by molar-refractivity contribution is 7.91. The number of hydrogen-bond donors (Lipinski definition) is 2. The van der Waals surface area contributed by atoms with Gasteiger partial charge in [0.1, 0.15) is 11.5 Å². The molecule has 0 bridgehead atoms. The maximum absolute atomic E-state index is 13.6. The lowest BCUT2D eigenvalue weighted by molar-refractivity contribution is 0.474. The first-order valence-electron chi connectivity index (χ1n) is 18.2. The van der Waals surface area contributed by atoms with Crippen LogP contribution < -0.4 is 0 Å². The fourth-order valence-corrected chi connectivity index (χ4v) is 9.79. The molecule has 6 aromatic carbocycles. The van der Waals surface area contributed by atoms with Crippen molar-refractivity contribution in [3.8, 4) is 11.5 Å². The molecule has 2 N–H and O–H groups in total. The van der Waals surface area contributed by atoms with E-state index in [2.05, 4.69) is 35.8 Å². The Kier molecular flexibility index (Phi) is 10.8. The summed E-state index contributed by atoms with van der Waals surface area (Å²) in [6.45, 7) is 3.07. The van der Waals surface area contributed by atoms with Gasteiger partial charge in [-0.2, -0.15) is 0 Å². The summed E-state index contributed by atoms with van der Waals surface area (Å²) in [5.74, 6) is -0.00789. The Bertz CT molecular complexity index is 2600. The van der Waals surface area contributed by atoms with Gasteiger partial charge in [0.15, 0.2) is 0 Å². The minimum Gasteiger partial charge on any atom is -0.508 e. The monoisotopic (exact) mass is 767 g/mol. The summed E-state index contributed by atoms with van der Waals surface area (Å²) in [5, 5.41) is 21.5. The number of rotatable bonds is 13. The van der Waals surface area contributed by atoms with Crippen molar-refractivity contribution < 1.29 is 27.0 Å². The van der Waals surface area contributed by atoms with Gasteiger partial charge in [-0.05, 0) is 114 Å². The lowest BCUT2D eigenvalue weighted by Crippen LogP contribution is -2.03. The van der Waals surface area contributed by atoms with Gasteiger partial charge in [-0.25, -0.2) is 16.8 Å². The molecule has 0 amide bonds. The molecule has 0 atom stereocenters. The summed E-state index contributed by atoms with van der Waals surface area (Å²) in [7, 11) is -7.67. The number of unbranched alkanes of at least 4 members (excludes halogenated alkanes) is 3. The minimum atomic E-state index is -3.84. The number of aromatic hydroxyl groups is 2. The molecule has 0 saturated carbocycles. The molecule has 0 saturated heterocycles. The van der Waals surface area contributed by atoms with E-state index < -0.39 is 19.7 Å². The van der Waals surface area contributed by atoms with E-state index in [1.165, 1.54) is 55.0 Å². The highest BCUT2D eigenvalue weighted by Gasteiger charge is 2.21. The zero-order chi connectivity index (χ0) is 38.6. The van der Waals surface area contributed by atoms with Crippen LogP contribution in [0.5, 0.6) is 11.5 Å². The summed E-state index contributed by atoms with van der Waals surface area (Å²) in [6, 6.07) is 37.4. The molecule has 9 heteroatoms. The summed E-state index contributed by atoms with van der Waals surface area (Å²) < 4.78 is 56.7. The number of nitrogens with zero attached hydrogens (tertiary/aromatic N) is 1. The van der Waals surface area contributed by atoms with Crippen LogP contribution in [0.2, 0.25) is 0 Å². The van der Waals surface area contributed by atoms with Crippen LogP contribution in [0.15, 0.2) is 153 Å². The number of phenols is 2. The van der Waals surface area contributed by atoms with Crippen LogP contribution in [0.3, 0.4) is 0 Å². The van der Waals surface area contributed by atoms with Gasteiger partial charge in [0, 0.05) is 28.4 Å². The van der Waals surface area contributed by atoms with Crippen LogP contribution >= 0.6 is 0 Å². The van der Waals surface area contributed by atoms with Crippen molar-refractivity contribution in [1.82, 2.24) is 4.57 Å². The molecule has 0 fully saturated rings. The zero-order valence-electron chi connectivity index (χ0n) is 30.3. The maximum atomic E-state index is 13.6. The van der Waals surface area contributed by atoms with E-state index in [0.29, 0.717) is 11.1 Å². The fraction of sp³-hybridized carbons (Fsp3) is 0.130. The summed E-state index contributed by atoms with van der Waals surface area (Å²) in [5.41, 5.74) is 5.12. The van der Waals surface area contributed by atoms with E-state index in [0.717, 1.165) is 58.7 Å². The molecule has 0 spiro atoms. The van der Waals surface area contributed by atoms with Gasteiger partial charge in [-0.1, -0.05) is 99.0 Å². The predicted octanol–water partition coefficient (Wildman–Crippen LogP) is 10.8. The predicted molar refractivity (Wildman–Crippen MR) is 221 cm³/mol. The molecule has 55 heavy (non-hydrogen) atoms. The summed E-state index contributed by atoms with van der Waals surface area (Å²) in [4.78, 5) is 0.560. The molecule has 1 heterocycles. The zero-order valence-corrected chi connectivity index (χ0v) is 32.0. The Hall–Kier alpha value is -5.90. The van der Waals surface area contributed by atoms with Crippen LogP contribution in [-0.2, 0) is 26.2 Å². The summed E-state index contributed by atoms with van der Waals surface area (Å²) in [6.07, 6.45) is 12.0. The molecule has 0 radical (unpaired) electrons. The van der Waals surface area contributed by atoms with Crippen molar-refractivity contribution in [3.63, 3.8) is 0 Å². The molecule has 7 aromatic rings. The average molecular weight is 768 g/mol. The maximum Gasteiger partial charge on any atom is 0.207 e. The van der Waals surface area contributed by atoms with Crippen molar-refractivity contribution in [2.24, 2.45) is 0 Å². The second-order valence-electron chi connectivity index (χ2n) is 13.5. The largest absolute Gasteiger partial charge is 0.508 e. The van der Waals surface area contributed by atoms with Crippen LogP contribution in [0.25, 0.3) is 46.1 Å². The first-order chi connectivity index (χ1) is 26.6. The molecule has 0 aliphatic heterocycles. The fourth-order valence-electron chi connectivity index (χ4n) is 6.89. The molecule has 0 unspecified atom stereocenters. The molecule has 1 aromatic heterocycles. The number of aromatic nitrogens is 1. The first-order valence-corrected chi connectivity index (χ1v) is 21.2. The number of fused-ring (bicyclic) bond motifs is 3. The minimum absolute atomic E-state index is 0.00394. The van der Waals surface area contributed by atoms with E-state index in [-0.39, 0.29) is 31.1 Å². The summed E-state index contributed by atoms with van der Waals surface area (Å²) >= 11 is 0. The van der Waals surface area contributed by atoms with E-state index in [4.69, 9.17) is 0 Å². The van der Waals surface area contributed by atoms with Gasteiger partial charge in [0.2, 0.25) is 19.7 Å². The third-order valence-electron chi connectivity index (χ3n) is 9.77. The van der Waals surface area contributed by atoms with Gasteiger partial charge in [-0.3, -0.25) is 0 Å². The first kappa shape index (κ1) is 37.4. The SMILES string of the molecule is CCCCCCn1c2ccc(C=Cc3ccccc3S(=O)(=O)c3ccc(O)cc3)cc2c2cc(C=Cc3ccccc3S(=O)(=O)c3ccc(O)cc3)ccc21.